The van der Waals surface area contributed by atoms with Gasteiger partial charge < -0.3 is 28.7 Å². The first-order valence-electron chi connectivity index (χ1n) is 3.02. The Morgan fingerprint density at radius 2 is 0.750 bits per heavy atom. The Morgan fingerprint density at radius 3 is 1.00 bits per heavy atom. The van der Waals surface area contributed by atoms with Gasteiger partial charge in [0.25, 0.3) is 0 Å². The molecule has 0 atom stereocenters. The Hall–Kier alpha value is -0.330. The average Bonchev–Trinajstić information content (AvgIpc) is 1.97. The van der Waals surface area contributed by atoms with Gasteiger partial charge in [-0.05, 0) is 6.07 Å². The molecular weight excluding hydrogens is 319 g/mol. The van der Waals surface area contributed by atoms with Gasteiger partial charge in [-0.25, -0.2) is 0 Å². The summed E-state index contributed by atoms with van der Waals surface area (Å²) in [5.41, 5.74) is 28.8. The third kappa shape index (κ3) is 5.67. The number of halogens is 5. The van der Waals surface area contributed by atoms with Crippen LogP contribution in [0.25, 0.3) is 0 Å². The van der Waals surface area contributed by atoms with Crippen molar-refractivity contribution in [2.45, 2.75) is 0 Å². The molecule has 10 heteroatoms. The summed E-state index contributed by atoms with van der Waals surface area (Å²) in [4.78, 5) is 0. The molecule has 0 saturated heterocycles. The molecule has 0 fully saturated rings. The van der Waals surface area contributed by atoms with Crippen LogP contribution in [0.15, 0.2) is 6.07 Å². The molecule has 0 amide bonds. The molecule has 10 N–H and O–H groups in total. The van der Waals surface area contributed by atoms with Crippen molar-refractivity contribution >= 4 is 90.5 Å². The Kier molecular flexibility index (Phi) is 20.7. The number of nitrogens with two attached hydrogens (primary N) is 5. The van der Waals surface area contributed by atoms with E-state index in [1.54, 1.807) is 0 Å². The summed E-state index contributed by atoms with van der Waals surface area (Å²) in [6, 6.07) is 1.49. The molecular formula is C6H16Cl5N5. The molecule has 0 aliphatic rings. The molecule has 0 aliphatic carbocycles. The van der Waals surface area contributed by atoms with Gasteiger partial charge in [-0.3, -0.25) is 0 Å². The van der Waals surface area contributed by atoms with E-state index >= 15 is 0 Å². The third-order valence-electron chi connectivity index (χ3n) is 1.51. The lowest BCUT2D eigenvalue weighted by atomic mass is 10.2. The summed E-state index contributed by atoms with van der Waals surface area (Å²) in [5.74, 6) is 0. The predicted molar refractivity (Wildman–Crippen MR) is 84.7 cm³/mol. The number of benzene rings is 1. The maximum atomic E-state index is 5.47. The van der Waals surface area contributed by atoms with Crippen LogP contribution in [0.1, 0.15) is 0 Å². The predicted octanol–water partition coefficient (Wildman–Crippen LogP) is 1.71. The van der Waals surface area contributed by atoms with Gasteiger partial charge in [-0.2, -0.15) is 0 Å². The number of anilines is 5. The summed E-state index contributed by atoms with van der Waals surface area (Å²) in [7, 11) is 0. The molecule has 0 aromatic heterocycles. The lowest BCUT2D eigenvalue weighted by Crippen LogP contribution is -2.06. The molecule has 16 heavy (non-hydrogen) atoms. The molecule has 1 aromatic rings. The molecule has 0 aliphatic heterocycles. The van der Waals surface area contributed by atoms with Gasteiger partial charge in [0.1, 0.15) is 0 Å². The summed E-state index contributed by atoms with van der Waals surface area (Å²) < 4.78 is 0. The van der Waals surface area contributed by atoms with E-state index in [0.717, 1.165) is 0 Å². The first kappa shape index (κ1) is 29.6. The zero-order valence-corrected chi connectivity index (χ0v) is 12.1. The fourth-order valence-electron chi connectivity index (χ4n) is 0.779. The molecule has 5 nitrogen and oxygen atoms in total. The highest BCUT2D eigenvalue weighted by Crippen LogP contribution is 2.33. The Morgan fingerprint density at radius 1 is 0.500 bits per heavy atom. The minimum absolute atomic E-state index is 0. The molecule has 100 valence electrons. The molecule has 0 saturated carbocycles. The fraction of sp³-hybridized carbons (Fsp3) is 0. The van der Waals surface area contributed by atoms with Gasteiger partial charge in [-0.1, -0.05) is 0 Å². The third-order valence-corrected chi connectivity index (χ3v) is 1.51. The topological polar surface area (TPSA) is 130 Å². The summed E-state index contributed by atoms with van der Waals surface area (Å²) in [6.07, 6.45) is 0. The highest BCUT2D eigenvalue weighted by atomic mass is 35.5. The maximum Gasteiger partial charge on any atom is 0.0824 e. The highest BCUT2D eigenvalue weighted by molar-refractivity contribution is 5.93. The number of rotatable bonds is 0. The second kappa shape index (κ2) is 11.2. The van der Waals surface area contributed by atoms with E-state index in [4.69, 9.17) is 28.7 Å². The van der Waals surface area contributed by atoms with Crippen LogP contribution in [-0.2, 0) is 0 Å². The van der Waals surface area contributed by atoms with Gasteiger partial charge in [0.15, 0.2) is 0 Å². The average molecular weight is 335 g/mol. The summed E-state index contributed by atoms with van der Waals surface area (Å²) >= 11 is 0. The number of hydrogen-bond acceptors (Lipinski definition) is 5. The monoisotopic (exact) mass is 333 g/mol. The minimum Gasteiger partial charge on any atom is -0.397 e. The molecule has 0 bridgehead atoms. The van der Waals surface area contributed by atoms with Crippen molar-refractivity contribution < 1.29 is 0 Å². The second-order valence-electron chi connectivity index (χ2n) is 2.30. The lowest BCUT2D eigenvalue weighted by Gasteiger charge is -2.09. The molecule has 1 rings (SSSR count). The van der Waals surface area contributed by atoms with E-state index < -0.39 is 0 Å². The SMILES string of the molecule is Cl.Cl.Cl.Cl.Cl.Nc1cc(N)c(N)c(N)c1N. The Balaban J connectivity index is -0.0000000807. The molecule has 0 spiro atoms. The second-order valence-corrected chi connectivity index (χ2v) is 2.30. The van der Waals surface area contributed by atoms with Crippen molar-refractivity contribution in [2.75, 3.05) is 28.7 Å². The van der Waals surface area contributed by atoms with Crippen LogP contribution in [0, 0.1) is 0 Å². The summed E-state index contributed by atoms with van der Waals surface area (Å²) in [6.45, 7) is 0. The minimum atomic E-state index is 0. The molecule has 0 radical (unpaired) electrons. The maximum absolute atomic E-state index is 5.47. The lowest BCUT2D eigenvalue weighted by molar-refractivity contribution is 1.62. The first-order chi connectivity index (χ1) is 5.04. The largest absolute Gasteiger partial charge is 0.397 e. The molecule has 0 heterocycles. The van der Waals surface area contributed by atoms with E-state index in [1.807, 2.05) is 0 Å². The first-order valence-corrected chi connectivity index (χ1v) is 3.02. The van der Waals surface area contributed by atoms with Crippen molar-refractivity contribution in [2.24, 2.45) is 0 Å². The molecule has 0 unspecified atom stereocenters. The normalized spacial score (nSPS) is 6.75. The van der Waals surface area contributed by atoms with Crippen LogP contribution in [0.3, 0.4) is 0 Å². The zero-order chi connectivity index (χ0) is 8.59. The number of nitrogen functional groups attached to an aromatic ring is 5. The van der Waals surface area contributed by atoms with Crippen LogP contribution >= 0.6 is 62.0 Å². The van der Waals surface area contributed by atoms with Gasteiger partial charge in [-0.15, -0.1) is 62.0 Å². The van der Waals surface area contributed by atoms with Crippen LogP contribution in [0.5, 0.6) is 0 Å². The summed E-state index contributed by atoms with van der Waals surface area (Å²) in [5, 5.41) is 0. The van der Waals surface area contributed by atoms with Crippen molar-refractivity contribution in [1.82, 2.24) is 0 Å². The standard InChI is InChI=1S/C6H11N5.5ClH/c7-2-1-3(8)5(10)6(11)4(2)9;;;;;/h1H,7-11H2;5*1H. The van der Waals surface area contributed by atoms with Crippen LogP contribution < -0.4 is 28.7 Å². The van der Waals surface area contributed by atoms with E-state index in [0.29, 0.717) is 11.4 Å². The van der Waals surface area contributed by atoms with Crippen molar-refractivity contribution in [3.8, 4) is 0 Å². The quantitative estimate of drug-likeness (QED) is 0.461. The van der Waals surface area contributed by atoms with Gasteiger partial charge >= 0.3 is 0 Å². The fourth-order valence-corrected chi connectivity index (χ4v) is 0.779. The van der Waals surface area contributed by atoms with Crippen molar-refractivity contribution in [3.63, 3.8) is 0 Å². The Labute approximate surface area is 125 Å². The van der Waals surface area contributed by atoms with E-state index in [2.05, 4.69) is 0 Å². The van der Waals surface area contributed by atoms with Crippen molar-refractivity contribution in [3.05, 3.63) is 6.07 Å². The van der Waals surface area contributed by atoms with Crippen LogP contribution in [-0.4, -0.2) is 0 Å². The van der Waals surface area contributed by atoms with Crippen molar-refractivity contribution in [1.29, 1.82) is 0 Å². The number of hydrogen-bond donors (Lipinski definition) is 5. The van der Waals surface area contributed by atoms with Gasteiger partial charge in [0.05, 0.1) is 28.4 Å². The van der Waals surface area contributed by atoms with Crippen LogP contribution in [0.4, 0.5) is 28.4 Å². The van der Waals surface area contributed by atoms with E-state index in [9.17, 15) is 0 Å². The zero-order valence-electron chi connectivity index (χ0n) is 8.01. The smallest absolute Gasteiger partial charge is 0.0824 e. The molecule has 1 aromatic carbocycles. The van der Waals surface area contributed by atoms with E-state index in [1.165, 1.54) is 6.07 Å². The van der Waals surface area contributed by atoms with Gasteiger partial charge in [0, 0.05) is 0 Å². The highest BCUT2D eigenvalue weighted by Gasteiger charge is 2.06. The van der Waals surface area contributed by atoms with Crippen LogP contribution in [0.2, 0.25) is 0 Å². The Bertz CT molecular complexity index is 282. The van der Waals surface area contributed by atoms with Gasteiger partial charge in [0.2, 0.25) is 0 Å². The van der Waals surface area contributed by atoms with E-state index in [-0.39, 0.29) is 79.1 Å².